The lowest BCUT2D eigenvalue weighted by atomic mass is 10.0. The maximum Gasteiger partial charge on any atom is 0.257 e. The number of nitrogens with two attached hydrogens (primary N) is 1. The molecule has 2 heterocycles. The van der Waals surface area contributed by atoms with Crippen molar-refractivity contribution >= 4 is 34.1 Å². The lowest BCUT2D eigenvalue weighted by Gasteiger charge is -2.36. The minimum Gasteiger partial charge on any atom is -0.494 e. The number of hydrogen-bond donors (Lipinski definition) is 2. The number of para-hydroxylation sites is 1. The fourth-order valence-electron chi connectivity index (χ4n) is 4.66. The molecule has 2 amide bonds. The molecule has 1 aliphatic rings. The Kier molecular flexibility index (Phi) is 8.08. The molecule has 0 atom stereocenters. The van der Waals surface area contributed by atoms with Gasteiger partial charge in [0.25, 0.3) is 11.8 Å². The van der Waals surface area contributed by atoms with Crippen LogP contribution in [0.25, 0.3) is 10.9 Å². The molecule has 10 heteroatoms. The number of halogens is 1. The second kappa shape index (κ2) is 11.4. The van der Waals surface area contributed by atoms with Gasteiger partial charge in [-0.05, 0) is 31.2 Å². The number of hydrogen-bond acceptors (Lipinski definition) is 7. The van der Waals surface area contributed by atoms with Crippen LogP contribution in [0, 0.1) is 5.82 Å². The number of carbonyl (C=O) groups excluding carboxylic acids is 2. The zero-order chi connectivity index (χ0) is 26.5. The van der Waals surface area contributed by atoms with Crippen LogP contribution in [-0.4, -0.2) is 87.1 Å². The SMILES string of the molecule is COc1cc(F)ccc1N1CCN(CCCNc2c(C(=O)N(C)C)cnc3c(C(N)=O)cccc23)CC1. The van der Waals surface area contributed by atoms with E-state index in [2.05, 4.69) is 20.1 Å². The van der Waals surface area contributed by atoms with Crippen molar-refractivity contribution in [2.24, 2.45) is 5.73 Å². The van der Waals surface area contributed by atoms with Crippen LogP contribution in [0.1, 0.15) is 27.1 Å². The molecule has 0 aliphatic carbocycles. The summed E-state index contributed by atoms with van der Waals surface area (Å²) in [5, 5.41) is 4.11. The highest BCUT2D eigenvalue weighted by Gasteiger charge is 2.21. The number of benzene rings is 2. The van der Waals surface area contributed by atoms with Crippen molar-refractivity contribution in [2.75, 3.05) is 70.7 Å². The fourth-order valence-corrected chi connectivity index (χ4v) is 4.66. The third kappa shape index (κ3) is 5.75. The lowest BCUT2D eigenvalue weighted by molar-refractivity contribution is 0.0828. The van der Waals surface area contributed by atoms with E-state index >= 15 is 0 Å². The van der Waals surface area contributed by atoms with Crippen molar-refractivity contribution in [3.05, 3.63) is 59.5 Å². The molecule has 9 nitrogen and oxygen atoms in total. The Balaban J connectivity index is 1.40. The van der Waals surface area contributed by atoms with Gasteiger partial charge in [0, 0.05) is 64.5 Å². The van der Waals surface area contributed by atoms with E-state index in [1.165, 1.54) is 23.2 Å². The molecular formula is C27H33FN6O3. The summed E-state index contributed by atoms with van der Waals surface area (Å²) in [6.45, 7) is 4.92. The van der Waals surface area contributed by atoms with Gasteiger partial charge in [-0.3, -0.25) is 19.5 Å². The van der Waals surface area contributed by atoms with E-state index in [9.17, 15) is 14.0 Å². The van der Waals surface area contributed by atoms with Crippen LogP contribution < -0.4 is 20.7 Å². The second-order valence-corrected chi connectivity index (χ2v) is 9.24. The number of carbonyl (C=O) groups is 2. The number of methoxy groups -OCH3 is 1. The second-order valence-electron chi connectivity index (χ2n) is 9.24. The van der Waals surface area contributed by atoms with E-state index in [0.717, 1.165) is 44.8 Å². The van der Waals surface area contributed by atoms with Crippen molar-refractivity contribution < 1.29 is 18.7 Å². The predicted molar refractivity (Wildman–Crippen MR) is 143 cm³/mol. The van der Waals surface area contributed by atoms with Gasteiger partial charge in [0.05, 0.1) is 35.1 Å². The first-order valence-corrected chi connectivity index (χ1v) is 12.3. The fraction of sp³-hybridized carbons (Fsp3) is 0.370. The Hall–Kier alpha value is -3.92. The molecule has 0 radical (unpaired) electrons. The first kappa shape index (κ1) is 26.2. The third-order valence-electron chi connectivity index (χ3n) is 6.61. The number of piperazine rings is 1. The van der Waals surface area contributed by atoms with Gasteiger partial charge in [-0.15, -0.1) is 0 Å². The topological polar surface area (TPSA) is 104 Å². The molecule has 37 heavy (non-hydrogen) atoms. The number of rotatable bonds is 9. The minimum atomic E-state index is -0.562. The minimum absolute atomic E-state index is 0.172. The molecule has 196 valence electrons. The van der Waals surface area contributed by atoms with Gasteiger partial charge in [0.2, 0.25) is 0 Å². The first-order chi connectivity index (χ1) is 17.8. The Morgan fingerprint density at radius 1 is 1.14 bits per heavy atom. The predicted octanol–water partition coefficient (Wildman–Crippen LogP) is 2.81. The summed E-state index contributed by atoms with van der Waals surface area (Å²) in [5.41, 5.74) is 8.34. The van der Waals surface area contributed by atoms with Gasteiger partial charge in [-0.2, -0.15) is 0 Å². The summed E-state index contributed by atoms with van der Waals surface area (Å²) in [5.74, 6) is -0.498. The molecule has 1 saturated heterocycles. The highest BCUT2D eigenvalue weighted by Crippen LogP contribution is 2.30. The molecule has 3 N–H and O–H groups in total. The Bertz CT molecular complexity index is 1290. The van der Waals surface area contributed by atoms with Crippen molar-refractivity contribution in [1.82, 2.24) is 14.8 Å². The van der Waals surface area contributed by atoms with Crippen molar-refractivity contribution in [1.29, 1.82) is 0 Å². The molecule has 1 aromatic heterocycles. The zero-order valence-electron chi connectivity index (χ0n) is 21.5. The molecule has 1 aliphatic heterocycles. The summed E-state index contributed by atoms with van der Waals surface area (Å²) in [6.07, 6.45) is 2.36. The van der Waals surface area contributed by atoms with Crippen LogP contribution in [0.15, 0.2) is 42.6 Å². The number of anilines is 2. The van der Waals surface area contributed by atoms with Crippen LogP contribution in [0.5, 0.6) is 5.75 Å². The highest BCUT2D eigenvalue weighted by molar-refractivity contribution is 6.12. The number of ether oxygens (including phenoxy) is 1. The maximum absolute atomic E-state index is 13.6. The number of nitrogens with one attached hydrogen (secondary N) is 1. The molecule has 0 unspecified atom stereocenters. The van der Waals surface area contributed by atoms with Crippen LogP contribution in [0.3, 0.4) is 0 Å². The standard InChI is InChI=1S/C27H33FN6O3/c1-32(2)27(36)21-17-31-24-19(6-4-7-20(24)26(29)35)25(21)30-10-5-11-33-12-14-34(15-13-33)22-9-8-18(28)16-23(22)37-3/h4,6-9,16-17H,5,10-15H2,1-3H3,(H2,29,35)(H,30,31). The normalized spacial score (nSPS) is 14.0. The lowest BCUT2D eigenvalue weighted by Crippen LogP contribution is -2.47. The van der Waals surface area contributed by atoms with Crippen molar-refractivity contribution in [2.45, 2.75) is 6.42 Å². The highest BCUT2D eigenvalue weighted by atomic mass is 19.1. The summed E-state index contributed by atoms with van der Waals surface area (Å²) < 4.78 is 18.9. The van der Waals surface area contributed by atoms with E-state index in [1.54, 1.807) is 39.4 Å². The molecule has 2 aromatic carbocycles. The van der Waals surface area contributed by atoms with Gasteiger partial charge in [-0.25, -0.2) is 4.39 Å². The number of primary amides is 1. The van der Waals surface area contributed by atoms with E-state index in [0.29, 0.717) is 40.0 Å². The molecule has 0 saturated carbocycles. The zero-order valence-corrected chi connectivity index (χ0v) is 21.5. The first-order valence-electron chi connectivity index (χ1n) is 12.3. The van der Waals surface area contributed by atoms with Gasteiger partial charge in [-0.1, -0.05) is 12.1 Å². The molecule has 0 spiro atoms. The molecule has 4 rings (SSSR count). The van der Waals surface area contributed by atoms with Gasteiger partial charge >= 0.3 is 0 Å². The van der Waals surface area contributed by atoms with Crippen LogP contribution in [-0.2, 0) is 0 Å². The van der Waals surface area contributed by atoms with Gasteiger partial charge < -0.3 is 25.6 Å². The molecular weight excluding hydrogens is 475 g/mol. The summed E-state index contributed by atoms with van der Waals surface area (Å²) in [6, 6.07) is 9.86. The van der Waals surface area contributed by atoms with Crippen LogP contribution in [0.2, 0.25) is 0 Å². The van der Waals surface area contributed by atoms with E-state index < -0.39 is 5.91 Å². The smallest absolute Gasteiger partial charge is 0.257 e. The molecule has 1 fully saturated rings. The van der Waals surface area contributed by atoms with Gasteiger partial charge in [0.1, 0.15) is 11.6 Å². The summed E-state index contributed by atoms with van der Waals surface area (Å²) in [4.78, 5) is 35.2. The average Bonchev–Trinajstić information content (AvgIpc) is 2.90. The Morgan fingerprint density at radius 3 is 2.57 bits per heavy atom. The van der Waals surface area contributed by atoms with Crippen LogP contribution in [0.4, 0.5) is 15.8 Å². The Labute approximate surface area is 216 Å². The molecule has 3 aromatic rings. The maximum atomic E-state index is 13.6. The van der Waals surface area contributed by atoms with Crippen molar-refractivity contribution in [3.8, 4) is 5.75 Å². The summed E-state index contributed by atoms with van der Waals surface area (Å²) in [7, 11) is 4.94. The van der Waals surface area contributed by atoms with Gasteiger partial charge in [0.15, 0.2) is 0 Å². The van der Waals surface area contributed by atoms with E-state index in [4.69, 9.17) is 10.5 Å². The van der Waals surface area contributed by atoms with E-state index in [-0.39, 0.29) is 11.7 Å². The number of nitrogens with zero attached hydrogens (tertiary/aromatic N) is 4. The summed E-state index contributed by atoms with van der Waals surface area (Å²) >= 11 is 0. The van der Waals surface area contributed by atoms with E-state index in [1.807, 2.05) is 6.07 Å². The Morgan fingerprint density at radius 2 is 1.89 bits per heavy atom. The number of pyridine rings is 1. The average molecular weight is 509 g/mol. The number of amides is 2. The number of fused-ring (bicyclic) bond motifs is 1. The third-order valence-corrected chi connectivity index (χ3v) is 6.61. The monoisotopic (exact) mass is 508 g/mol. The molecule has 0 bridgehead atoms. The quantitative estimate of drug-likeness (QED) is 0.429. The van der Waals surface area contributed by atoms with Crippen LogP contribution >= 0.6 is 0 Å². The largest absolute Gasteiger partial charge is 0.494 e. The number of aromatic nitrogens is 1. The van der Waals surface area contributed by atoms with Crippen molar-refractivity contribution in [3.63, 3.8) is 0 Å².